The predicted octanol–water partition coefficient (Wildman–Crippen LogP) is 4.06. The van der Waals surface area contributed by atoms with E-state index in [1.165, 1.54) is 11.1 Å². The van der Waals surface area contributed by atoms with Gasteiger partial charge in [0.05, 0.1) is 12.8 Å². The molecule has 0 N–H and O–H groups in total. The van der Waals surface area contributed by atoms with Crippen molar-refractivity contribution in [3.05, 3.63) is 59.2 Å². The van der Waals surface area contributed by atoms with Gasteiger partial charge in [0, 0.05) is 11.8 Å². The highest BCUT2D eigenvalue weighted by molar-refractivity contribution is 5.85. The SMILES string of the molecule is COc1ccccc1C=Nc1ccc(C)c(C)c1. The summed E-state index contributed by atoms with van der Waals surface area (Å²) in [5, 5.41) is 0. The molecule has 92 valence electrons. The highest BCUT2D eigenvalue weighted by Gasteiger charge is 1.98. The highest BCUT2D eigenvalue weighted by atomic mass is 16.5. The molecule has 18 heavy (non-hydrogen) atoms. The lowest BCUT2D eigenvalue weighted by molar-refractivity contribution is 0.414. The van der Waals surface area contributed by atoms with Crippen LogP contribution >= 0.6 is 0 Å². The lowest BCUT2D eigenvalue weighted by atomic mass is 10.1. The summed E-state index contributed by atoms with van der Waals surface area (Å²) in [7, 11) is 1.67. The molecule has 0 aromatic heterocycles. The summed E-state index contributed by atoms with van der Waals surface area (Å²) in [6, 6.07) is 14.0. The third-order valence-corrected chi connectivity index (χ3v) is 2.98. The van der Waals surface area contributed by atoms with Crippen LogP contribution in [0.1, 0.15) is 16.7 Å². The predicted molar refractivity (Wildman–Crippen MR) is 76.2 cm³/mol. The Bertz CT molecular complexity index is 573. The van der Waals surface area contributed by atoms with E-state index >= 15 is 0 Å². The number of aliphatic imine (C=N–C) groups is 1. The minimum absolute atomic E-state index is 0.838. The molecule has 0 spiro atoms. The number of hydrogen-bond donors (Lipinski definition) is 0. The Morgan fingerprint density at radius 2 is 1.78 bits per heavy atom. The molecular weight excluding hydrogens is 222 g/mol. The van der Waals surface area contributed by atoms with Crippen LogP contribution in [0, 0.1) is 13.8 Å². The van der Waals surface area contributed by atoms with E-state index in [0.29, 0.717) is 0 Å². The molecule has 0 bridgehead atoms. The van der Waals surface area contributed by atoms with Crippen LogP contribution in [0.25, 0.3) is 0 Å². The van der Waals surface area contributed by atoms with Crippen LogP contribution in [-0.2, 0) is 0 Å². The lowest BCUT2D eigenvalue weighted by Gasteiger charge is -2.03. The number of rotatable bonds is 3. The topological polar surface area (TPSA) is 21.6 Å². The summed E-state index contributed by atoms with van der Waals surface area (Å²) in [6.45, 7) is 4.19. The molecule has 0 fully saturated rings. The van der Waals surface area contributed by atoms with Gasteiger partial charge < -0.3 is 4.74 Å². The van der Waals surface area contributed by atoms with Crippen molar-refractivity contribution in [2.24, 2.45) is 4.99 Å². The zero-order valence-corrected chi connectivity index (χ0v) is 11.0. The first-order valence-corrected chi connectivity index (χ1v) is 5.95. The minimum Gasteiger partial charge on any atom is -0.496 e. The average molecular weight is 239 g/mol. The summed E-state index contributed by atoms with van der Waals surface area (Å²) in [5.41, 5.74) is 4.48. The Morgan fingerprint density at radius 1 is 1.00 bits per heavy atom. The highest BCUT2D eigenvalue weighted by Crippen LogP contribution is 2.19. The molecule has 0 saturated heterocycles. The fourth-order valence-corrected chi connectivity index (χ4v) is 1.72. The molecule has 0 aliphatic rings. The maximum Gasteiger partial charge on any atom is 0.127 e. The van der Waals surface area contributed by atoms with E-state index < -0.39 is 0 Å². The van der Waals surface area contributed by atoms with Gasteiger partial charge in [0.2, 0.25) is 0 Å². The van der Waals surface area contributed by atoms with Crippen molar-refractivity contribution in [2.45, 2.75) is 13.8 Å². The van der Waals surface area contributed by atoms with E-state index in [2.05, 4.69) is 31.0 Å². The van der Waals surface area contributed by atoms with Gasteiger partial charge in [0.15, 0.2) is 0 Å². The first-order valence-electron chi connectivity index (χ1n) is 5.95. The summed E-state index contributed by atoms with van der Waals surface area (Å²) in [4.78, 5) is 4.48. The van der Waals surface area contributed by atoms with Crippen molar-refractivity contribution in [3.63, 3.8) is 0 Å². The summed E-state index contributed by atoms with van der Waals surface area (Å²) < 4.78 is 5.29. The van der Waals surface area contributed by atoms with Crippen LogP contribution in [-0.4, -0.2) is 13.3 Å². The van der Waals surface area contributed by atoms with E-state index in [4.69, 9.17) is 4.74 Å². The zero-order valence-electron chi connectivity index (χ0n) is 11.0. The molecule has 0 aliphatic carbocycles. The Balaban J connectivity index is 2.27. The van der Waals surface area contributed by atoms with Gasteiger partial charge in [0.25, 0.3) is 0 Å². The summed E-state index contributed by atoms with van der Waals surface area (Å²) >= 11 is 0. The summed E-state index contributed by atoms with van der Waals surface area (Å²) in [5.74, 6) is 0.838. The van der Waals surface area contributed by atoms with Crippen LogP contribution in [0.4, 0.5) is 5.69 Å². The number of benzene rings is 2. The monoisotopic (exact) mass is 239 g/mol. The van der Waals surface area contributed by atoms with Crippen LogP contribution < -0.4 is 4.74 Å². The first kappa shape index (κ1) is 12.4. The second-order valence-electron chi connectivity index (χ2n) is 4.27. The third kappa shape index (κ3) is 2.77. The van der Waals surface area contributed by atoms with Crippen molar-refractivity contribution in [3.8, 4) is 5.75 Å². The largest absolute Gasteiger partial charge is 0.496 e. The van der Waals surface area contributed by atoms with Crippen molar-refractivity contribution in [1.29, 1.82) is 0 Å². The molecule has 0 radical (unpaired) electrons. The maximum atomic E-state index is 5.29. The normalized spacial score (nSPS) is 10.8. The standard InChI is InChI=1S/C16H17NO/c1-12-8-9-15(10-13(12)2)17-11-14-6-4-5-7-16(14)18-3/h4-11H,1-3H3. The van der Waals surface area contributed by atoms with Crippen LogP contribution in [0.2, 0.25) is 0 Å². The molecule has 2 aromatic carbocycles. The van der Waals surface area contributed by atoms with Crippen LogP contribution in [0.5, 0.6) is 5.75 Å². The Hall–Kier alpha value is -2.09. The molecular formula is C16H17NO. The van der Waals surface area contributed by atoms with E-state index in [9.17, 15) is 0 Å². The van der Waals surface area contributed by atoms with Gasteiger partial charge in [-0.1, -0.05) is 18.2 Å². The van der Waals surface area contributed by atoms with Gasteiger partial charge in [-0.2, -0.15) is 0 Å². The van der Waals surface area contributed by atoms with E-state index in [1.807, 2.05) is 36.5 Å². The van der Waals surface area contributed by atoms with E-state index in [1.54, 1.807) is 7.11 Å². The fourth-order valence-electron chi connectivity index (χ4n) is 1.72. The van der Waals surface area contributed by atoms with Gasteiger partial charge in [-0.3, -0.25) is 4.99 Å². The van der Waals surface area contributed by atoms with Gasteiger partial charge in [-0.05, 0) is 49.2 Å². The zero-order chi connectivity index (χ0) is 13.0. The Labute approximate surface area is 108 Å². The second kappa shape index (κ2) is 5.50. The van der Waals surface area contributed by atoms with Crippen molar-refractivity contribution in [2.75, 3.05) is 7.11 Å². The molecule has 2 nitrogen and oxygen atoms in total. The maximum absolute atomic E-state index is 5.29. The Morgan fingerprint density at radius 3 is 2.50 bits per heavy atom. The number of methoxy groups -OCH3 is 1. The van der Waals surface area contributed by atoms with Crippen molar-refractivity contribution in [1.82, 2.24) is 0 Å². The number of nitrogens with zero attached hydrogens (tertiary/aromatic N) is 1. The van der Waals surface area contributed by atoms with Gasteiger partial charge in [0.1, 0.15) is 5.75 Å². The molecule has 0 atom stereocenters. The smallest absolute Gasteiger partial charge is 0.127 e. The van der Waals surface area contributed by atoms with Gasteiger partial charge in [-0.15, -0.1) is 0 Å². The molecule has 0 heterocycles. The quantitative estimate of drug-likeness (QED) is 0.740. The third-order valence-electron chi connectivity index (χ3n) is 2.98. The summed E-state index contributed by atoms with van der Waals surface area (Å²) in [6.07, 6.45) is 1.84. The molecule has 2 rings (SSSR count). The fraction of sp³-hybridized carbons (Fsp3) is 0.188. The van der Waals surface area contributed by atoms with Crippen LogP contribution in [0.3, 0.4) is 0 Å². The molecule has 0 amide bonds. The molecule has 0 unspecified atom stereocenters. The second-order valence-corrected chi connectivity index (χ2v) is 4.27. The van der Waals surface area contributed by atoms with E-state index in [0.717, 1.165) is 17.0 Å². The molecule has 0 aliphatic heterocycles. The average Bonchev–Trinajstić information content (AvgIpc) is 2.40. The number of aryl methyl sites for hydroxylation is 2. The molecule has 2 heteroatoms. The lowest BCUT2D eigenvalue weighted by Crippen LogP contribution is -1.89. The Kier molecular flexibility index (Phi) is 3.78. The number of hydrogen-bond acceptors (Lipinski definition) is 2. The number of ether oxygens (including phenoxy) is 1. The van der Waals surface area contributed by atoms with Crippen molar-refractivity contribution >= 4 is 11.9 Å². The molecule has 2 aromatic rings. The van der Waals surface area contributed by atoms with E-state index in [-0.39, 0.29) is 0 Å². The van der Waals surface area contributed by atoms with Crippen molar-refractivity contribution < 1.29 is 4.74 Å². The number of para-hydroxylation sites is 1. The molecule has 0 saturated carbocycles. The first-order chi connectivity index (χ1) is 8.70. The van der Waals surface area contributed by atoms with Gasteiger partial charge >= 0.3 is 0 Å². The van der Waals surface area contributed by atoms with Gasteiger partial charge in [-0.25, -0.2) is 0 Å². The minimum atomic E-state index is 0.838. The van der Waals surface area contributed by atoms with Crippen LogP contribution in [0.15, 0.2) is 47.5 Å².